The number of benzene rings is 2. The summed E-state index contributed by atoms with van der Waals surface area (Å²) in [5, 5.41) is 3.65. The SMILES string of the molecule is CCCNC(c1cccc(Br)c1)c1ccc(OC)cc1C. The van der Waals surface area contributed by atoms with E-state index < -0.39 is 0 Å². The average molecular weight is 348 g/mol. The third-order valence-electron chi connectivity index (χ3n) is 3.57. The van der Waals surface area contributed by atoms with E-state index >= 15 is 0 Å². The molecular formula is C18H22BrNO. The number of aryl methyl sites for hydroxylation is 1. The highest BCUT2D eigenvalue weighted by atomic mass is 79.9. The minimum absolute atomic E-state index is 0.202. The highest BCUT2D eigenvalue weighted by Crippen LogP contribution is 2.29. The molecule has 1 atom stereocenters. The molecular weight excluding hydrogens is 326 g/mol. The number of nitrogens with one attached hydrogen (secondary N) is 1. The van der Waals surface area contributed by atoms with E-state index in [1.54, 1.807) is 7.11 Å². The van der Waals surface area contributed by atoms with Crippen LogP contribution in [0.15, 0.2) is 46.9 Å². The fraction of sp³-hybridized carbons (Fsp3) is 0.333. The monoisotopic (exact) mass is 347 g/mol. The average Bonchev–Trinajstić information content (AvgIpc) is 2.49. The lowest BCUT2D eigenvalue weighted by atomic mass is 9.94. The van der Waals surface area contributed by atoms with Gasteiger partial charge in [0.15, 0.2) is 0 Å². The van der Waals surface area contributed by atoms with Crippen LogP contribution in [0.4, 0.5) is 0 Å². The van der Waals surface area contributed by atoms with Gasteiger partial charge in [0.1, 0.15) is 5.75 Å². The van der Waals surface area contributed by atoms with Crippen molar-refractivity contribution in [3.8, 4) is 5.75 Å². The fourth-order valence-corrected chi connectivity index (χ4v) is 2.90. The Balaban J connectivity index is 2.40. The molecule has 2 aromatic rings. The first-order chi connectivity index (χ1) is 10.2. The van der Waals surface area contributed by atoms with Gasteiger partial charge in [-0.2, -0.15) is 0 Å². The van der Waals surface area contributed by atoms with E-state index in [1.165, 1.54) is 16.7 Å². The summed E-state index contributed by atoms with van der Waals surface area (Å²) in [7, 11) is 1.70. The van der Waals surface area contributed by atoms with Crippen molar-refractivity contribution in [2.75, 3.05) is 13.7 Å². The van der Waals surface area contributed by atoms with Gasteiger partial charge < -0.3 is 10.1 Å². The van der Waals surface area contributed by atoms with Gasteiger partial charge in [0.25, 0.3) is 0 Å². The number of methoxy groups -OCH3 is 1. The summed E-state index contributed by atoms with van der Waals surface area (Å²) in [6, 6.07) is 15.0. The zero-order valence-corrected chi connectivity index (χ0v) is 14.4. The molecule has 0 saturated heterocycles. The van der Waals surface area contributed by atoms with Crippen molar-refractivity contribution < 1.29 is 4.74 Å². The Morgan fingerprint density at radius 1 is 1.19 bits per heavy atom. The summed E-state index contributed by atoms with van der Waals surface area (Å²) in [6.07, 6.45) is 1.11. The maximum absolute atomic E-state index is 5.31. The van der Waals surface area contributed by atoms with E-state index in [4.69, 9.17) is 4.74 Å². The highest BCUT2D eigenvalue weighted by molar-refractivity contribution is 9.10. The van der Waals surface area contributed by atoms with Crippen LogP contribution in [0.5, 0.6) is 5.75 Å². The first-order valence-electron chi connectivity index (χ1n) is 7.29. The third kappa shape index (κ3) is 4.08. The van der Waals surface area contributed by atoms with Gasteiger partial charge in [-0.05, 0) is 60.8 Å². The second-order valence-corrected chi connectivity index (χ2v) is 6.08. The van der Waals surface area contributed by atoms with Crippen LogP contribution in [0.3, 0.4) is 0 Å². The van der Waals surface area contributed by atoms with Crippen LogP contribution in [0.25, 0.3) is 0 Å². The molecule has 0 heterocycles. The molecule has 0 aromatic heterocycles. The molecule has 2 rings (SSSR count). The normalized spacial score (nSPS) is 12.2. The lowest BCUT2D eigenvalue weighted by Gasteiger charge is -2.22. The van der Waals surface area contributed by atoms with Crippen LogP contribution in [-0.2, 0) is 0 Å². The topological polar surface area (TPSA) is 21.3 Å². The van der Waals surface area contributed by atoms with Gasteiger partial charge in [-0.25, -0.2) is 0 Å². The van der Waals surface area contributed by atoms with Crippen molar-refractivity contribution in [2.45, 2.75) is 26.3 Å². The van der Waals surface area contributed by atoms with Crippen molar-refractivity contribution in [1.82, 2.24) is 5.32 Å². The minimum atomic E-state index is 0.202. The molecule has 0 aliphatic rings. The highest BCUT2D eigenvalue weighted by Gasteiger charge is 2.16. The maximum atomic E-state index is 5.31. The summed E-state index contributed by atoms with van der Waals surface area (Å²) in [5.41, 5.74) is 3.80. The van der Waals surface area contributed by atoms with Crippen molar-refractivity contribution in [3.05, 3.63) is 63.6 Å². The van der Waals surface area contributed by atoms with Gasteiger partial charge in [-0.1, -0.05) is 41.1 Å². The standard InChI is InChI=1S/C18H22BrNO/c1-4-10-20-18(14-6-5-7-15(19)12-14)17-9-8-16(21-3)11-13(17)2/h5-9,11-12,18,20H,4,10H2,1-3H3. The predicted molar refractivity (Wildman–Crippen MR) is 92.0 cm³/mol. The Morgan fingerprint density at radius 2 is 2.00 bits per heavy atom. The van der Waals surface area contributed by atoms with E-state index in [0.29, 0.717) is 0 Å². The van der Waals surface area contributed by atoms with Crippen molar-refractivity contribution in [2.24, 2.45) is 0 Å². The van der Waals surface area contributed by atoms with Gasteiger partial charge in [-0.3, -0.25) is 0 Å². The van der Waals surface area contributed by atoms with E-state index in [9.17, 15) is 0 Å². The van der Waals surface area contributed by atoms with Crippen LogP contribution in [0.1, 0.15) is 36.1 Å². The quantitative estimate of drug-likeness (QED) is 0.805. The molecule has 0 spiro atoms. The predicted octanol–water partition coefficient (Wildman–Crippen LogP) is 4.86. The molecule has 21 heavy (non-hydrogen) atoms. The molecule has 0 aliphatic carbocycles. The van der Waals surface area contributed by atoms with Gasteiger partial charge in [0, 0.05) is 4.47 Å². The number of hydrogen-bond acceptors (Lipinski definition) is 2. The molecule has 0 saturated carbocycles. The maximum Gasteiger partial charge on any atom is 0.119 e. The zero-order valence-electron chi connectivity index (χ0n) is 12.8. The molecule has 0 fully saturated rings. The van der Waals surface area contributed by atoms with Crippen LogP contribution < -0.4 is 10.1 Å². The van der Waals surface area contributed by atoms with Crippen molar-refractivity contribution >= 4 is 15.9 Å². The molecule has 2 aromatic carbocycles. The number of halogens is 1. The number of ether oxygens (including phenoxy) is 1. The molecule has 0 bridgehead atoms. The molecule has 3 heteroatoms. The fourth-order valence-electron chi connectivity index (χ4n) is 2.48. The molecule has 0 radical (unpaired) electrons. The Morgan fingerprint density at radius 3 is 2.62 bits per heavy atom. The second kappa shape index (κ2) is 7.62. The Hall–Kier alpha value is -1.32. The van der Waals surface area contributed by atoms with E-state index in [-0.39, 0.29) is 6.04 Å². The smallest absolute Gasteiger partial charge is 0.119 e. The lowest BCUT2D eigenvalue weighted by Crippen LogP contribution is -2.24. The minimum Gasteiger partial charge on any atom is -0.497 e. The summed E-state index contributed by atoms with van der Waals surface area (Å²) in [5.74, 6) is 0.903. The van der Waals surface area contributed by atoms with Gasteiger partial charge in [-0.15, -0.1) is 0 Å². The Kier molecular flexibility index (Phi) is 5.83. The summed E-state index contributed by atoms with van der Waals surface area (Å²) < 4.78 is 6.41. The molecule has 0 aliphatic heterocycles. The number of hydrogen-bond donors (Lipinski definition) is 1. The van der Waals surface area contributed by atoms with Crippen LogP contribution in [0, 0.1) is 6.92 Å². The van der Waals surface area contributed by atoms with Crippen LogP contribution in [-0.4, -0.2) is 13.7 Å². The zero-order chi connectivity index (χ0) is 15.2. The molecule has 1 N–H and O–H groups in total. The largest absolute Gasteiger partial charge is 0.497 e. The van der Waals surface area contributed by atoms with Crippen molar-refractivity contribution in [1.29, 1.82) is 0 Å². The summed E-state index contributed by atoms with van der Waals surface area (Å²) in [6.45, 7) is 5.31. The van der Waals surface area contributed by atoms with Gasteiger partial charge in [0.05, 0.1) is 13.2 Å². The van der Waals surface area contributed by atoms with Gasteiger partial charge >= 0.3 is 0 Å². The molecule has 112 valence electrons. The molecule has 2 nitrogen and oxygen atoms in total. The van der Waals surface area contributed by atoms with Crippen molar-refractivity contribution in [3.63, 3.8) is 0 Å². The Labute approximate surface area is 135 Å². The van der Waals surface area contributed by atoms with E-state index in [1.807, 2.05) is 6.07 Å². The van der Waals surface area contributed by atoms with Crippen LogP contribution >= 0.6 is 15.9 Å². The van der Waals surface area contributed by atoms with Crippen LogP contribution in [0.2, 0.25) is 0 Å². The van der Waals surface area contributed by atoms with Gasteiger partial charge in [0.2, 0.25) is 0 Å². The molecule has 1 unspecified atom stereocenters. The molecule has 0 amide bonds. The number of rotatable bonds is 6. The first-order valence-corrected chi connectivity index (χ1v) is 8.08. The Bertz CT molecular complexity index is 598. The van der Waals surface area contributed by atoms with E-state index in [0.717, 1.165) is 23.2 Å². The second-order valence-electron chi connectivity index (χ2n) is 5.16. The summed E-state index contributed by atoms with van der Waals surface area (Å²) in [4.78, 5) is 0. The lowest BCUT2D eigenvalue weighted by molar-refractivity contribution is 0.414. The van der Waals surface area contributed by atoms with E-state index in [2.05, 4.69) is 71.5 Å². The summed E-state index contributed by atoms with van der Waals surface area (Å²) >= 11 is 3.56. The third-order valence-corrected chi connectivity index (χ3v) is 4.06. The first kappa shape index (κ1) is 16.1.